The molecule has 0 aliphatic carbocycles. The molecule has 0 saturated carbocycles. The number of benzene rings is 3. The molecule has 144 valence electrons. The molecule has 0 bridgehead atoms. The number of rotatable bonds is 7. The van der Waals surface area contributed by atoms with Crippen LogP contribution in [0.1, 0.15) is 18.9 Å². The standard InChI is InChI=1S/C22H22N2O3S/c1-2-16-23-28(26,27)20-13-11-19(12-14-20)24-22(25)15-10-18-8-5-7-17-6-3-4-9-21(17)18/h3-15,23H,2,16H2,1H3,(H,24,25). The molecule has 2 N–H and O–H groups in total. The Morgan fingerprint density at radius 1 is 0.964 bits per heavy atom. The van der Waals surface area contributed by atoms with Crippen LogP contribution in [0.15, 0.2) is 77.7 Å². The maximum absolute atomic E-state index is 12.2. The maximum atomic E-state index is 12.2. The molecular weight excluding hydrogens is 372 g/mol. The molecule has 5 nitrogen and oxygen atoms in total. The summed E-state index contributed by atoms with van der Waals surface area (Å²) in [5.41, 5.74) is 1.48. The lowest BCUT2D eigenvalue weighted by molar-refractivity contribution is -0.111. The van der Waals surface area contributed by atoms with Gasteiger partial charge in [-0.3, -0.25) is 4.79 Å². The molecule has 6 heteroatoms. The minimum Gasteiger partial charge on any atom is -0.323 e. The van der Waals surface area contributed by atoms with Gasteiger partial charge < -0.3 is 5.32 Å². The third-order valence-corrected chi connectivity index (χ3v) is 5.69. The second kappa shape index (κ2) is 8.82. The van der Waals surface area contributed by atoms with E-state index in [2.05, 4.69) is 10.0 Å². The fourth-order valence-electron chi connectivity index (χ4n) is 2.78. The van der Waals surface area contributed by atoms with Gasteiger partial charge in [0, 0.05) is 18.3 Å². The Labute approximate surface area is 165 Å². The predicted octanol–water partition coefficient (Wildman–Crippen LogP) is 4.18. The number of hydrogen-bond donors (Lipinski definition) is 2. The van der Waals surface area contributed by atoms with Crippen LogP contribution in [0.3, 0.4) is 0 Å². The highest BCUT2D eigenvalue weighted by molar-refractivity contribution is 7.89. The van der Waals surface area contributed by atoms with Crippen LogP contribution in [0.5, 0.6) is 0 Å². The predicted molar refractivity (Wildman–Crippen MR) is 114 cm³/mol. The molecule has 0 aliphatic rings. The Morgan fingerprint density at radius 2 is 1.68 bits per heavy atom. The van der Waals surface area contributed by atoms with Crippen molar-refractivity contribution in [2.45, 2.75) is 18.2 Å². The van der Waals surface area contributed by atoms with Crippen molar-refractivity contribution in [2.24, 2.45) is 0 Å². The van der Waals surface area contributed by atoms with Crippen molar-refractivity contribution >= 4 is 38.5 Å². The first-order valence-electron chi connectivity index (χ1n) is 9.06. The summed E-state index contributed by atoms with van der Waals surface area (Å²) in [7, 11) is -3.51. The molecule has 0 spiro atoms. The highest BCUT2D eigenvalue weighted by Gasteiger charge is 2.12. The number of sulfonamides is 1. The second-order valence-electron chi connectivity index (χ2n) is 6.31. The van der Waals surface area contributed by atoms with E-state index in [1.165, 1.54) is 18.2 Å². The molecule has 0 saturated heterocycles. The Bertz CT molecular complexity index is 1100. The fourth-order valence-corrected chi connectivity index (χ4v) is 3.92. The summed E-state index contributed by atoms with van der Waals surface area (Å²) in [5.74, 6) is -0.285. The Balaban J connectivity index is 1.69. The number of anilines is 1. The summed E-state index contributed by atoms with van der Waals surface area (Å²) in [4.78, 5) is 12.4. The summed E-state index contributed by atoms with van der Waals surface area (Å²) in [5, 5.41) is 4.92. The van der Waals surface area contributed by atoms with Gasteiger partial charge >= 0.3 is 0 Å². The molecule has 3 rings (SSSR count). The van der Waals surface area contributed by atoms with E-state index in [1.54, 1.807) is 18.2 Å². The van der Waals surface area contributed by atoms with Crippen LogP contribution in [-0.4, -0.2) is 20.9 Å². The average Bonchev–Trinajstić information content (AvgIpc) is 2.71. The highest BCUT2D eigenvalue weighted by Crippen LogP contribution is 2.20. The van der Waals surface area contributed by atoms with E-state index in [1.807, 2.05) is 49.4 Å². The number of fused-ring (bicyclic) bond motifs is 1. The van der Waals surface area contributed by atoms with Crippen molar-refractivity contribution < 1.29 is 13.2 Å². The Morgan fingerprint density at radius 3 is 2.43 bits per heavy atom. The van der Waals surface area contributed by atoms with E-state index < -0.39 is 10.0 Å². The van der Waals surface area contributed by atoms with E-state index in [-0.39, 0.29) is 10.8 Å². The molecule has 0 heterocycles. The molecule has 0 unspecified atom stereocenters. The van der Waals surface area contributed by atoms with E-state index in [4.69, 9.17) is 0 Å². The molecule has 1 amide bonds. The van der Waals surface area contributed by atoms with Crippen molar-refractivity contribution in [3.8, 4) is 0 Å². The van der Waals surface area contributed by atoms with Gasteiger partial charge in [-0.05, 0) is 53.1 Å². The van der Waals surface area contributed by atoms with Crippen molar-refractivity contribution in [1.29, 1.82) is 0 Å². The van der Waals surface area contributed by atoms with Gasteiger partial charge in [-0.15, -0.1) is 0 Å². The number of nitrogens with one attached hydrogen (secondary N) is 2. The molecule has 0 aromatic heterocycles. The van der Waals surface area contributed by atoms with Crippen LogP contribution in [0, 0.1) is 0 Å². The highest BCUT2D eigenvalue weighted by atomic mass is 32.2. The topological polar surface area (TPSA) is 75.3 Å². The molecule has 0 atom stereocenters. The summed E-state index contributed by atoms with van der Waals surface area (Å²) in [6.07, 6.45) is 3.96. The Kier molecular flexibility index (Phi) is 6.23. The third-order valence-electron chi connectivity index (χ3n) is 4.21. The van der Waals surface area contributed by atoms with E-state index in [0.717, 1.165) is 22.8 Å². The van der Waals surface area contributed by atoms with Crippen LogP contribution in [0.2, 0.25) is 0 Å². The first kappa shape index (κ1) is 19.8. The fraction of sp³-hybridized carbons (Fsp3) is 0.136. The number of hydrogen-bond acceptors (Lipinski definition) is 3. The van der Waals surface area contributed by atoms with Gasteiger partial charge in [0.25, 0.3) is 0 Å². The monoisotopic (exact) mass is 394 g/mol. The maximum Gasteiger partial charge on any atom is 0.248 e. The molecular formula is C22H22N2O3S. The van der Waals surface area contributed by atoms with Gasteiger partial charge in [0.2, 0.25) is 15.9 Å². The van der Waals surface area contributed by atoms with Gasteiger partial charge in [-0.1, -0.05) is 49.4 Å². The van der Waals surface area contributed by atoms with E-state index in [0.29, 0.717) is 12.2 Å². The lowest BCUT2D eigenvalue weighted by atomic mass is 10.0. The largest absolute Gasteiger partial charge is 0.323 e. The molecule has 3 aromatic carbocycles. The number of carbonyl (C=O) groups excluding carboxylic acids is 1. The minimum atomic E-state index is -3.51. The van der Waals surface area contributed by atoms with Crippen LogP contribution in [-0.2, 0) is 14.8 Å². The second-order valence-corrected chi connectivity index (χ2v) is 8.08. The van der Waals surface area contributed by atoms with Gasteiger partial charge in [0.15, 0.2) is 0 Å². The summed E-state index contributed by atoms with van der Waals surface area (Å²) in [6, 6.07) is 20.0. The first-order valence-corrected chi connectivity index (χ1v) is 10.5. The molecule has 0 fully saturated rings. The zero-order chi connectivity index (χ0) is 20.0. The smallest absolute Gasteiger partial charge is 0.248 e. The zero-order valence-corrected chi connectivity index (χ0v) is 16.4. The Hall–Kier alpha value is -2.96. The van der Waals surface area contributed by atoms with Crippen molar-refractivity contribution in [3.63, 3.8) is 0 Å². The van der Waals surface area contributed by atoms with Gasteiger partial charge in [0.05, 0.1) is 4.90 Å². The zero-order valence-electron chi connectivity index (χ0n) is 15.6. The molecule has 28 heavy (non-hydrogen) atoms. The number of carbonyl (C=O) groups is 1. The summed E-state index contributed by atoms with van der Waals surface area (Å²) >= 11 is 0. The minimum absolute atomic E-state index is 0.172. The van der Waals surface area contributed by atoms with Crippen molar-refractivity contribution in [1.82, 2.24) is 4.72 Å². The SMILES string of the molecule is CCCNS(=O)(=O)c1ccc(NC(=O)C=Cc2cccc3ccccc23)cc1. The van der Waals surface area contributed by atoms with Gasteiger partial charge in [0.1, 0.15) is 0 Å². The third kappa shape index (κ3) is 4.85. The molecule has 0 radical (unpaired) electrons. The van der Waals surface area contributed by atoms with Crippen LogP contribution >= 0.6 is 0 Å². The van der Waals surface area contributed by atoms with Gasteiger partial charge in [-0.2, -0.15) is 0 Å². The van der Waals surface area contributed by atoms with Gasteiger partial charge in [-0.25, -0.2) is 13.1 Å². The van der Waals surface area contributed by atoms with Crippen LogP contribution in [0.4, 0.5) is 5.69 Å². The normalized spacial score (nSPS) is 11.8. The average molecular weight is 394 g/mol. The van der Waals surface area contributed by atoms with Crippen molar-refractivity contribution in [2.75, 3.05) is 11.9 Å². The summed E-state index contributed by atoms with van der Waals surface area (Å²) < 4.78 is 26.7. The van der Waals surface area contributed by atoms with Crippen LogP contribution < -0.4 is 10.0 Å². The van der Waals surface area contributed by atoms with Crippen molar-refractivity contribution in [3.05, 3.63) is 78.4 Å². The van der Waals surface area contributed by atoms with Crippen LogP contribution in [0.25, 0.3) is 16.8 Å². The van der Waals surface area contributed by atoms with E-state index in [9.17, 15) is 13.2 Å². The lowest BCUT2D eigenvalue weighted by Crippen LogP contribution is -2.24. The first-order chi connectivity index (χ1) is 13.5. The quantitative estimate of drug-likeness (QED) is 0.590. The molecule has 0 aliphatic heterocycles. The summed E-state index contributed by atoms with van der Waals surface area (Å²) in [6.45, 7) is 2.28. The van der Waals surface area contributed by atoms with E-state index >= 15 is 0 Å². The molecule has 3 aromatic rings. The number of amides is 1. The lowest BCUT2D eigenvalue weighted by Gasteiger charge is -2.07.